The zero-order valence-corrected chi connectivity index (χ0v) is 6.80. The Bertz CT molecular complexity index is 325. The Morgan fingerprint density at radius 1 is 1.55 bits per heavy atom. The molecule has 1 rings (SSSR count). The van der Waals surface area contributed by atoms with Gasteiger partial charge in [0.2, 0.25) is 10.0 Å². The van der Waals surface area contributed by atoms with E-state index in [-0.39, 0.29) is 1.43 Å². The average Bonchev–Trinajstić information content (AvgIpc) is 1.85. The quantitative estimate of drug-likeness (QED) is 0.718. The molecule has 1 aromatic heterocycles. The zero-order chi connectivity index (χ0) is 8.32. The third kappa shape index (κ3) is 2.99. The molecular formula is C6H10N2O2S. The minimum atomic E-state index is -3.19. The van der Waals surface area contributed by atoms with Crippen molar-refractivity contribution in [3.63, 3.8) is 0 Å². The molecule has 0 aliphatic carbocycles. The second-order valence-electron chi connectivity index (χ2n) is 2.09. The van der Waals surface area contributed by atoms with E-state index in [0.29, 0.717) is 5.82 Å². The SMILES string of the molecule is CS(=O)(=O)Nc1ccccn1.[HH]. The number of anilines is 1. The van der Waals surface area contributed by atoms with Gasteiger partial charge in [0.25, 0.3) is 0 Å². The first-order valence-electron chi connectivity index (χ1n) is 2.97. The summed E-state index contributed by atoms with van der Waals surface area (Å²) in [7, 11) is -3.19. The number of nitrogens with one attached hydrogen (secondary N) is 1. The molecule has 0 amide bonds. The molecule has 0 radical (unpaired) electrons. The van der Waals surface area contributed by atoms with Crippen LogP contribution in [0.15, 0.2) is 24.4 Å². The highest BCUT2D eigenvalue weighted by Crippen LogP contribution is 2.00. The van der Waals surface area contributed by atoms with Crippen LogP contribution in [0.2, 0.25) is 0 Å². The van der Waals surface area contributed by atoms with Crippen LogP contribution in [-0.2, 0) is 10.0 Å². The van der Waals surface area contributed by atoms with E-state index in [2.05, 4.69) is 9.71 Å². The van der Waals surface area contributed by atoms with Crippen molar-refractivity contribution < 1.29 is 9.84 Å². The van der Waals surface area contributed by atoms with Gasteiger partial charge in [0.1, 0.15) is 5.82 Å². The van der Waals surface area contributed by atoms with Gasteiger partial charge in [-0.15, -0.1) is 0 Å². The van der Waals surface area contributed by atoms with Crippen molar-refractivity contribution in [1.82, 2.24) is 4.98 Å². The van der Waals surface area contributed by atoms with Gasteiger partial charge in [-0.05, 0) is 12.1 Å². The van der Waals surface area contributed by atoms with E-state index < -0.39 is 10.0 Å². The smallest absolute Gasteiger partial charge is 0.230 e. The first-order valence-corrected chi connectivity index (χ1v) is 4.86. The second-order valence-corrected chi connectivity index (χ2v) is 3.84. The predicted molar refractivity (Wildman–Crippen MR) is 44.8 cm³/mol. The molecule has 0 spiro atoms. The van der Waals surface area contributed by atoms with E-state index in [1.807, 2.05) is 0 Å². The number of hydrogen-bond acceptors (Lipinski definition) is 3. The maximum Gasteiger partial charge on any atom is 0.230 e. The van der Waals surface area contributed by atoms with Crippen molar-refractivity contribution in [3.05, 3.63) is 24.4 Å². The van der Waals surface area contributed by atoms with Gasteiger partial charge in [-0.3, -0.25) is 4.72 Å². The first-order chi connectivity index (χ1) is 5.08. The third-order valence-corrected chi connectivity index (χ3v) is 1.53. The van der Waals surface area contributed by atoms with Gasteiger partial charge in [-0.1, -0.05) is 6.07 Å². The molecule has 1 N–H and O–H groups in total. The summed E-state index contributed by atoms with van der Waals surface area (Å²) in [5, 5.41) is 0. The summed E-state index contributed by atoms with van der Waals surface area (Å²) in [4.78, 5) is 3.77. The number of rotatable bonds is 2. The van der Waals surface area contributed by atoms with Crippen LogP contribution < -0.4 is 4.72 Å². The standard InChI is InChI=1S/C6H8N2O2S.H2/c1-11(9,10)8-6-4-2-3-5-7-6;/h2-5H,1H3,(H,7,8);1H. The molecule has 4 nitrogen and oxygen atoms in total. The van der Waals surface area contributed by atoms with Crippen molar-refractivity contribution in [2.75, 3.05) is 11.0 Å². The maximum absolute atomic E-state index is 10.6. The van der Waals surface area contributed by atoms with Crippen LogP contribution in [0.25, 0.3) is 0 Å². The molecule has 0 aliphatic rings. The van der Waals surface area contributed by atoms with E-state index in [1.54, 1.807) is 18.2 Å². The van der Waals surface area contributed by atoms with Gasteiger partial charge >= 0.3 is 0 Å². The van der Waals surface area contributed by atoms with E-state index in [0.717, 1.165) is 6.26 Å². The fraction of sp³-hybridized carbons (Fsp3) is 0.167. The summed E-state index contributed by atoms with van der Waals surface area (Å²) in [6.07, 6.45) is 2.61. The summed E-state index contributed by atoms with van der Waals surface area (Å²) in [6.45, 7) is 0. The van der Waals surface area contributed by atoms with E-state index >= 15 is 0 Å². The molecular weight excluding hydrogens is 164 g/mol. The van der Waals surface area contributed by atoms with Gasteiger partial charge in [0.05, 0.1) is 6.26 Å². The Balaban J connectivity index is 0.00000121. The number of pyridine rings is 1. The molecule has 0 saturated heterocycles. The molecule has 11 heavy (non-hydrogen) atoms. The van der Waals surface area contributed by atoms with Crippen LogP contribution in [0, 0.1) is 0 Å². The fourth-order valence-electron chi connectivity index (χ4n) is 0.613. The zero-order valence-electron chi connectivity index (χ0n) is 5.98. The molecule has 5 heteroatoms. The summed E-state index contributed by atoms with van der Waals surface area (Å²) < 4.78 is 23.5. The number of hydrogen-bond donors (Lipinski definition) is 1. The highest BCUT2D eigenvalue weighted by Gasteiger charge is 1.99. The molecule has 0 fully saturated rings. The first kappa shape index (κ1) is 8.00. The summed E-state index contributed by atoms with van der Waals surface area (Å²) >= 11 is 0. The minimum Gasteiger partial charge on any atom is -0.268 e. The molecule has 0 saturated carbocycles. The summed E-state index contributed by atoms with van der Waals surface area (Å²) in [5.74, 6) is 0.343. The van der Waals surface area contributed by atoms with Crippen LogP contribution in [0.3, 0.4) is 0 Å². The number of nitrogens with zero attached hydrogens (tertiary/aromatic N) is 1. The predicted octanol–water partition coefficient (Wildman–Crippen LogP) is 0.699. The molecule has 0 aromatic carbocycles. The lowest BCUT2D eigenvalue weighted by Crippen LogP contribution is -2.10. The Kier molecular flexibility index (Phi) is 2.09. The van der Waals surface area contributed by atoms with Crippen molar-refractivity contribution >= 4 is 15.8 Å². The van der Waals surface area contributed by atoms with E-state index in [4.69, 9.17) is 0 Å². The van der Waals surface area contributed by atoms with E-state index in [9.17, 15) is 8.42 Å². The molecule has 0 bridgehead atoms. The highest BCUT2D eigenvalue weighted by molar-refractivity contribution is 7.92. The lowest BCUT2D eigenvalue weighted by molar-refractivity contribution is 0.606. The van der Waals surface area contributed by atoms with Gasteiger partial charge in [0, 0.05) is 7.62 Å². The lowest BCUT2D eigenvalue weighted by Gasteiger charge is -1.99. The molecule has 0 unspecified atom stereocenters. The van der Waals surface area contributed by atoms with Crippen LogP contribution in [0.1, 0.15) is 1.43 Å². The summed E-state index contributed by atoms with van der Waals surface area (Å²) in [6, 6.07) is 5.01. The Hall–Kier alpha value is -1.10. The van der Waals surface area contributed by atoms with Crippen LogP contribution in [0.4, 0.5) is 5.82 Å². The Labute approximate surface area is 66.8 Å². The largest absolute Gasteiger partial charge is 0.268 e. The number of aromatic nitrogens is 1. The molecule has 62 valence electrons. The van der Waals surface area contributed by atoms with Gasteiger partial charge < -0.3 is 0 Å². The Morgan fingerprint density at radius 3 is 2.73 bits per heavy atom. The Morgan fingerprint density at radius 2 is 2.27 bits per heavy atom. The van der Waals surface area contributed by atoms with Gasteiger partial charge in [-0.2, -0.15) is 0 Å². The van der Waals surface area contributed by atoms with Crippen molar-refractivity contribution in [3.8, 4) is 0 Å². The number of sulfonamides is 1. The van der Waals surface area contributed by atoms with Crippen molar-refractivity contribution in [2.24, 2.45) is 0 Å². The van der Waals surface area contributed by atoms with Gasteiger partial charge in [-0.25, -0.2) is 13.4 Å². The van der Waals surface area contributed by atoms with Crippen LogP contribution in [0.5, 0.6) is 0 Å². The molecule has 0 atom stereocenters. The third-order valence-electron chi connectivity index (χ3n) is 0.955. The van der Waals surface area contributed by atoms with Crippen LogP contribution >= 0.6 is 0 Å². The molecule has 0 aliphatic heterocycles. The fourth-order valence-corrected chi connectivity index (χ4v) is 1.11. The van der Waals surface area contributed by atoms with Gasteiger partial charge in [0.15, 0.2) is 0 Å². The topological polar surface area (TPSA) is 59.1 Å². The average molecular weight is 174 g/mol. The highest BCUT2D eigenvalue weighted by atomic mass is 32.2. The van der Waals surface area contributed by atoms with Crippen molar-refractivity contribution in [2.45, 2.75) is 0 Å². The van der Waals surface area contributed by atoms with Crippen LogP contribution in [-0.4, -0.2) is 19.7 Å². The lowest BCUT2D eigenvalue weighted by atomic mass is 10.5. The molecule has 1 aromatic rings. The van der Waals surface area contributed by atoms with Crippen molar-refractivity contribution in [1.29, 1.82) is 0 Å². The second kappa shape index (κ2) is 2.87. The maximum atomic E-state index is 10.6. The normalized spacial score (nSPS) is 11.0. The minimum absolute atomic E-state index is 0. The monoisotopic (exact) mass is 174 g/mol. The molecule has 1 heterocycles. The van der Waals surface area contributed by atoms with E-state index in [1.165, 1.54) is 6.20 Å². The summed E-state index contributed by atoms with van der Waals surface area (Å²) in [5.41, 5.74) is 0.